The number of rotatable bonds is 4. The van der Waals surface area contributed by atoms with E-state index in [9.17, 15) is 4.79 Å². The smallest absolute Gasteiger partial charge is 0.230 e. The Morgan fingerprint density at radius 1 is 1.30 bits per heavy atom. The van der Waals surface area contributed by atoms with Gasteiger partial charge in [0.1, 0.15) is 11.6 Å². The molecule has 102 valence electrons. The van der Waals surface area contributed by atoms with Crippen molar-refractivity contribution in [2.75, 3.05) is 7.05 Å². The summed E-state index contributed by atoms with van der Waals surface area (Å²) >= 11 is 0. The first-order chi connectivity index (χ1) is 9.72. The van der Waals surface area contributed by atoms with Crippen molar-refractivity contribution in [1.82, 2.24) is 14.9 Å². The molecule has 0 atom stereocenters. The number of aromatic nitrogens is 2. The van der Waals surface area contributed by atoms with Crippen LogP contribution < -0.4 is 0 Å². The largest absolute Gasteiger partial charge is 0.469 e. The quantitative estimate of drug-likeness (QED) is 0.790. The fraction of sp³-hybridized carbons (Fsp3) is 0.200. The number of nitrogens with one attached hydrogen (secondary N) is 1. The van der Waals surface area contributed by atoms with Crippen LogP contribution in [-0.2, 0) is 17.8 Å². The number of furan rings is 1. The van der Waals surface area contributed by atoms with Crippen molar-refractivity contribution < 1.29 is 9.21 Å². The number of benzene rings is 1. The van der Waals surface area contributed by atoms with Gasteiger partial charge in [-0.3, -0.25) is 4.79 Å². The number of carbonyl (C=O) groups excluding carboxylic acids is 1. The molecule has 1 aromatic carbocycles. The molecule has 0 saturated carbocycles. The number of amides is 1. The zero-order chi connectivity index (χ0) is 13.9. The highest BCUT2D eigenvalue weighted by Gasteiger charge is 2.13. The van der Waals surface area contributed by atoms with Crippen LogP contribution in [-0.4, -0.2) is 27.8 Å². The molecule has 0 saturated heterocycles. The number of hydrogen-bond acceptors (Lipinski definition) is 3. The van der Waals surface area contributed by atoms with Gasteiger partial charge in [-0.1, -0.05) is 12.1 Å². The summed E-state index contributed by atoms with van der Waals surface area (Å²) in [7, 11) is 1.76. The standard InChI is InChI=1S/C15H15N3O2/c1-18(15(19)9-11-5-4-8-20-11)10-14-16-12-6-2-3-7-13(12)17-14/h2-8H,9-10H2,1H3,(H,16,17). The summed E-state index contributed by atoms with van der Waals surface area (Å²) in [5.41, 5.74) is 1.89. The second kappa shape index (κ2) is 5.21. The van der Waals surface area contributed by atoms with E-state index in [4.69, 9.17) is 4.42 Å². The minimum atomic E-state index is 0.000376. The molecule has 0 spiro atoms. The van der Waals surface area contributed by atoms with E-state index in [0.29, 0.717) is 12.3 Å². The highest BCUT2D eigenvalue weighted by atomic mass is 16.3. The SMILES string of the molecule is CN(Cc1nc2ccccc2[nH]1)C(=O)Cc1ccco1. The van der Waals surface area contributed by atoms with Crippen LogP contribution in [0.25, 0.3) is 11.0 Å². The summed E-state index contributed by atoms with van der Waals surface area (Å²) in [6, 6.07) is 11.4. The lowest BCUT2D eigenvalue weighted by atomic mass is 10.3. The summed E-state index contributed by atoms with van der Waals surface area (Å²) in [5, 5.41) is 0. The molecule has 1 amide bonds. The Morgan fingerprint density at radius 2 is 2.15 bits per heavy atom. The predicted molar refractivity (Wildman–Crippen MR) is 75.0 cm³/mol. The van der Waals surface area contributed by atoms with Crippen molar-refractivity contribution in [2.45, 2.75) is 13.0 Å². The normalized spacial score (nSPS) is 10.8. The Hall–Kier alpha value is -2.56. The van der Waals surface area contributed by atoms with E-state index in [0.717, 1.165) is 16.9 Å². The van der Waals surface area contributed by atoms with Crippen LogP contribution in [0.2, 0.25) is 0 Å². The lowest BCUT2D eigenvalue weighted by Gasteiger charge is -2.14. The van der Waals surface area contributed by atoms with Crippen molar-refractivity contribution in [3.8, 4) is 0 Å². The second-order valence-electron chi connectivity index (χ2n) is 4.71. The van der Waals surface area contributed by atoms with Crippen LogP contribution in [0.4, 0.5) is 0 Å². The maximum absolute atomic E-state index is 12.1. The minimum absolute atomic E-state index is 0.000376. The summed E-state index contributed by atoms with van der Waals surface area (Å²) in [4.78, 5) is 21.4. The molecule has 5 heteroatoms. The van der Waals surface area contributed by atoms with Crippen LogP contribution in [0, 0.1) is 0 Å². The molecule has 3 aromatic rings. The first-order valence-corrected chi connectivity index (χ1v) is 6.42. The number of hydrogen-bond donors (Lipinski definition) is 1. The number of H-pyrrole nitrogens is 1. The molecule has 0 fully saturated rings. The van der Waals surface area contributed by atoms with Gasteiger partial charge in [-0.25, -0.2) is 4.98 Å². The van der Waals surface area contributed by atoms with Crippen LogP contribution in [0.5, 0.6) is 0 Å². The Balaban J connectivity index is 1.68. The topological polar surface area (TPSA) is 62.1 Å². The lowest BCUT2D eigenvalue weighted by Crippen LogP contribution is -2.28. The van der Waals surface area contributed by atoms with Crippen molar-refractivity contribution in [1.29, 1.82) is 0 Å². The monoisotopic (exact) mass is 269 g/mol. The third kappa shape index (κ3) is 2.56. The van der Waals surface area contributed by atoms with E-state index in [1.807, 2.05) is 24.3 Å². The number of imidazole rings is 1. The fourth-order valence-electron chi connectivity index (χ4n) is 2.09. The van der Waals surface area contributed by atoms with Crippen molar-refractivity contribution in [3.05, 3.63) is 54.2 Å². The summed E-state index contributed by atoms with van der Waals surface area (Å²) in [5.74, 6) is 1.45. The molecular weight excluding hydrogens is 254 g/mol. The molecule has 20 heavy (non-hydrogen) atoms. The van der Waals surface area contributed by atoms with Crippen LogP contribution >= 0.6 is 0 Å². The van der Waals surface area contributed by atoms with E-state index in [1.165, 1.54) is 0 Å². The molecule has 0 unspecified atom stereocenters. The molecular formula is C15H15N3O2. The van der Waals surface area contributed by atoms with Gasteiger partial charge < -0.3 is 14.3 Å². The molecule has 0 aliphatic carbocycles. The maximum Gasteiger partial charge on any atom is 0.230 e. The summed E-state index contributed by atoms with van der Waals surface area (Å²) in [6.45, 7) is 0.453. The molecule has 3 rings (SSSR count). The van der Waals surface area contributed by atoms with Gasteiger partial charge in [0.05, 0.1) is 30.3 Å². The molecule has 2 heterocycles. The molecule has 5 nitrogen and oxygen atoms in total. The molecule has 2 aromatic heterocycles. The van der Waals surface area contributed by atoms with Crippen LogP contribution in [0.1, 0.15) is 11.6 Å². The Labute approximate surface area is 116 Å². The van der Waals surface area contributed by atoms with Gasteiger partial charge in [0.15, 0.2) is 0 Å². The number of carbonyl (C=O) groups is 1. The Bertz CT molecular complexity index is 683. The number of para-hydroxylation sites is 2. The van der Waals surface area contributed by atoms with Gasteiger partial charge in [0, 0.05) is 7.05 Å². The molecule has 0 bridgehead atoms. The third-order valence-electron chi connectivity index (χ3n) is 3.16. The average Bonchev–Trinajstić information content (AvgIpc) is 3.06. The first kappa shape index (κ1) is 12.5. The first-order valence-electron chi connectivity index (χ1n) is 6.42. The van der Waals surface area contributed by atoms with E-state index in [1.54, 1.807) is 30.3 Å². The van der Waals surface area contributed by atoms with Crippen molar-refractivity contribution in [3.63, 3.8) is 0 Å². The zero-order valence-electron chi connectivity index (χ0n) is 11.2. The average molecular weight is 269 g/mol. The highest BCUT2D eigenvalue weighted by Crippen LogP contribution is 2.12. The van der Waals surface area contributed by atoms with Gasteiger partial charge in [0.25, 0.3) is 0 Å². The van der Waals surface area contributed by atoms with Gasteiger partial charge >= 0.3 is 0 Å². The van der Waals surface area contributed by atoms with Gasteiger partial charge in [-0.2, -0.15) is 0 Å². The summed E-state index contributed by atoms with van der Waals surface area (Å²) in [6.07, 6.45) is 1.84. The Kier molecular flexibility index (Phi) is 3.25. The van der Waals surface area contributed by atoms with Gasteiger partial charge in [-0.05, 0) is 24.3 Å². The molecule has 1 N–H and O–H groups in total. The zero-order valence-corrected chi connectivity index (χ0v) is 11.2. The molecule has 0 aliphatic heterocycles. The number of fused-ring (bicyclic) bond motifs is 1. The second-order valence-corrected chi connectivity index (χ2v) is 4.71. The van der Waals surface area contributed by atoms with Crippen LogP contribution in [0.3, 0.4) is 0 Å². The third-order valence-corrected chi connectivity index (χ3v) is 3.16. The van der Waals surface area contributed by atoms with Crippen LogP contribution in [0.15, 0.2) is 47.1 Å². The van der Waals surface area contributed by atoms with E-state index in [-0.39, 0.29) is 12.3 Å². The van der Waals surface area contributed by atoms with E-state index >= 15 is 0 Å². The number of nitrogens with zero attached hydrogens (tertiary/aromatic N) is 2. The van der Waals surface area contributed by atoms with E-state index in [2.05, 4.69) is 9.97 Å². The van der Waals surface area contributed by atoms with Crippen molar-refractivity contribution in [2.24, 2.45) is 0 Å². The molecule has 0 radical (unpaired) electrons. The lowest BCUT2D eigenvalue weighted by molar-refractivity contribution is -0.130. The van der Waals surface area contributed by atoms with Gasteiger partial charge in [0.2, 0.25) is 5.91 Å². The fourth-order valence-corrected chi connectivity index (χ4v) is 2.09. The van der Waals surface area contributed by atoms with E-state index < -0.39 is 0 Å². The number of likely N-dealkylation sites (N-methyl/N-ethyl adjacent to an activating group) is 1. The minimum Gasteiger partial charge on any atom is -0.469 e. The maximum atomic E-state index is 12.1. The predicted octanol–water partition coefficient (Wildman–Crippen LogP) is 2.36. The van der Waals surface area contributed by atoms with Crippen molar-refractivity contribution >= 4 is 16.9 Å². The Morgan fingerprint density at radius 3 is 2.90 bits per heavy atom. The molecule has 0 aliphatic rings. The van der Waals surface area contributed by atoms with Gasteiger partial charge in [-0.15, -0.1) is 0 Å². The highest BCUT2D eigenvalue weighted by molar-refractivity contribution is 5.78. The summed E-state index contributed by atoms with van der Waals surface area (Å²) < 4.78 is 5.18. The number of aromatic amines is 1.